The number of halogens is 2. The molecule has 2 N–H and O–H groups in total. The van der Waals surface area contributed by atoms with E-state index in [2.05, 4.69) is 0 Å². The van der Waals surface area contributed by atoms with E-state index < -0.39 is 21.5 Å². The van der Waals surface area contributed by atoms with Crippen LogP contribution >= 0.6 is 0 Å². The van der Waals surface area contributed by atoms with Crippen LogP contribution in [0.2, 0.25) is 0 Å². The summed E-state index contributed by atoms with van der Waals surface area (Å²) in [5, 5.41) is 0. The molecule has 0 radical (unpaired) electrons. The van der Waals surface area contributed by atoms with Crippen molar-refractivity contribution in [3.63, 3.8) is 0 Å². The van der Waals surface area contributed by atoms with Crippen molar-refractivity contribution in [1.29, 1.82) is 0 Å². The molecule has 0 aromatic heterocycles. The Balaban J connectivity index is 2.73. The minimum Gasteiger partial charge on any atom is -0.328 e. The first-order valence-electron chi connectivity index (χ1n) is 5.20. The van der Waals surface area contributed by atoms with Gasteiger partial charge >= 0.3 is 0 Å². The average Bonchev–Trinajstić information content (AvgIpc) is 2.21. The number of nitrogens with two attached hydrogens (primary N) is 1. The number of hydrogen-bond donors (Lipinski definition) is 1. The zero-order chi connectivity index (χ0) is 13.1. The molecule has 0 aliphatic rings. The van der Waals surface area contributed by atoms with E-state index in [0.29, 0.717) is 6.42 Å². The molecule has 0 amide bonds. The molecule has 0 spiro atoms. The van der Waals surface area contributed by atoms with Gasteiger partial charge in [0.2, 0.25) is 0 Å². The van der Waals surface area contributed by atoms with E-state index >= 15 is 0 Å². The van der Waals surface area contributed by atoms with Crippen LogP contribution in [0, 0.1) is 11.6 Å². The Labute approximate surface area is 99.6 Å². The maximum atomic E-state index is 12.9. The van der Waals surface area contributed by atoms with Crippen molar-refractivity contribution in [2.75, 3.05) is 5.75 Å². The SMILES string of the molecule is CC(N)CCS(=O)(=O)Cc1ccc(F)c(F)c1. The molecule has 96 valence electrons. The van der Waals surface area contributed by atoms with Crippen LogP contribution in [0.25, 0.3) is 0 Å². The van der Waals surface area contributed by atoms with Crippen molar-refractivity contribution in [2.24, 2.45) is 5.73 Å². The first-order valence-corrected chi connectivity index (χ1v) is 7.02. The molecule has 0 aliphatic heterocycles. The first kappa shape index (κ1) is 14.1. The molecule has 0 saturated heterocycles. The van der Waals surface area contributed by atoms with Crippen molar-refractivity contribution in [3.05, 3.63) is 35.4 Å². The van der Waals surface area contributed by atoms with E-state index in [1.165, 1.54) is 6.07 Å². The molecule has 3 nitrogen and oxygen atoms in total. The second kappa shape index (κ2) is 5.55. The van der Waals surface area contributed by atoms with Crippen LogP contribution in [0.1, 0.15) is 18.9 Å². The Bertz CT molecular complexity index is 486. The summed E-state index contributed by atoms with van der Waals surface area (Å²) in [4.78, 5) is 0. The minimum atomic E-state index is -3.33. The third-order valence-corrected chi connectivity index (χ3v) is 3.89. The van der Waals surface area contributed by atoms with Gasteiger partial charge in [-0.15, -0.1) is 0 Å². The van der Waals surface area contributed by atoms with Gasteiger partial charge in [-0.3, -0.25) is 0 Å². The lowest BCUT2D eigenvalue weighted by Crippen LogP contribution is -2.20. The summed E-state index contributed by atoms with van der Waals surface area (Å²) < 4.78 is 48.8. The maximum Gasteiger partial charge on any atom is 0.159 e. The largest absolute Gasteiger partial charge is 0.328 e. The van der Waals surface area contributed by atoms with Gasteiger partial charge in [-0.05, 0) is 31.0 Å². The van der Waals surface area contributed by atoms with Crippen molar-refractivity contribution < 1.29 is 17.2 Å². The van der Waals surface area contributed by atoms with Crippen LogP contribution in [0.3, 0.4) is 0 Å². The Morgan fingerprint density at radius 2 is 1.94 bits per heavy atom. The normalized spacial score (nSPS) is 13.6. The zero-order valence-electron chi connectivity index (χ0n) is 9.49. The summed E-state index contributed by atoms with van der Waals surface area (Å²) in [6, 6.07) is 2.89. The zero-order valence-corrected chi connectivity index (χ0v) is 10.3. The first-order chi connectivity index (χ1) is 7.80. The quantitative estimate of drug-likeness (QED) is 0.878. The van der Waals surface area contributed by atoms with E-state index in [9.17, 15) is 17.2 Å². The summed E-state index contributed by atoms with van der Waals surface area (Å²) in [5.74, 6) is -2.37. The van der Waals surface area contributed by atoms with E-state index in [-0.39, 0.29) is 23.1 Å². The Morgan fingerprint density at radius 3 is 2.47 bits per heavy atom. The lowest BCUT2D eigenvalue weighted by Gasteiger charge is -2.07. The summed E-state index contributed by atoms with van der Waals surface area (Å²) in [6.45, 7) is 1.72. The molecule has 1 atom stereocenters. The smallest absolute Gasteiger partial charge is 0.159 e. The van der Waals surface area contributed by atoms with Crippen LogP contribution in [-0.4, -0.2) is 20.2 Å². The van der Waals surface area contributed by atoms with E-state index in [1.54, 1.807) is 6.92 Å². The number of benzene rings is 1. The molecular formula is C11H15F2NO2S. The standard InChI is InChI=1S/C11H15F2NO2S/c1-8(14)4-5-17(15,16)7-9-2-3-10(12)11(13)6-9/h2-3,6,8H,4-5,7,14H2,1H3. The number of hydrogen-bond acceptors (Lipinski definition) is 3. The molecule has 1 aromatic rings. The Hall–Kier alpha value is -1.01. The lowest BCUT2D eigenvalue weighted by atomic mass is 10.2. The van der Waals surface area contributed by atoms with Crippen molar-refractivity contribution in [1.82, 2.24) is 0 Å². The van der Waals surface area contributed by atoms with E-state index in [1.807, 2.05) is 0 Å². The highest BCUT2D eigenvalue weighted by Gasteiger charge is 2.14. The molecule has 0 heterocycles. The van der Waals surface area contributed by atoms with Crippen molar-refractivity contribution in [2.45, 2.75) is 25.1 Å². The van der Waals surface area contributed by atoms with Gasteiger partial charge in [0.15, 0.2) is 21.5 Å². The Kier molecular flexibility index (Phi) is 4.59. The van der Waals surface area contributed by atoms with E-state index in [4.69, 9.17) is 5.73 Å². The fourth-order valence-electron chi connectivity index (χ4n) is 1.32. The van der Waals surface area contributed by atoms with Gasteiger partial charge in [0.05, 0.1) is 11.5 Å². The fourth-order valence-corrected chi connectivity index (χ4v) is 2.88. The molecule has 0 fully saturated rings. The molecular weight excluding hydrogens is 248 g/mol. The summed E-state index contributed by atoms with van der Waals surface area (Å²) in [6.07, 6.45) is 0.353. The molecule has 1 rings (SSSR count). The van der Waals surface area contributed by atoms with Crippen LogP contribution < -0.4 is 5.73 Å². The highest BCUT2D eigenvalue weighted by Crippen LogP contribution is 2.12. The molecule has 0 saturated carbocycles. The molecule has 17 heavy (non-hydrogen) atoms. The van der Waals surface area contributed by atoms with Gasteiger partial charge in [0, 0.05) is 6.04 Å². The van der Waals surface area contributed by atoms with Crippen LogP contribution in [0.5, 0.6) is 0 Å². The summed E-state index contributed by atoms with van der Waals surface area (Å²) in [7, 11) is -3.33. The van der Waals surface area contributed by atoms with Gasteiger partial charge in [-0.1, -0.05) is 6.07 Å². The average molecular weight is 263 g/mol. The van der Waals surface area contributed by atoms with Crippen molar-refractivity contribution >= 4 is 9.84 Å². The highest BCUT2D eigenvalue weighted by atomic mass is 32.2. The third kappa shape index (κ3) is 4.79. The summed E-state index contributed by atoms with van der Waals surface area (Å²) in [5.41, 5.74) is 5.71. The molecule has 0 bridgehead atoms. The number of sulfone groups is 1. The van der Waals surface area contributed by atoms with Crippen LogP contribution in [0.15, 0.2) is 18.2 Å². The highest BCUT2D eigenvalue weighted by molar-refractivity contribution is 7.90. The molecule has 1 unspecified atom stereocenters. The second-order valence-corrected chi connectivity index (χ2v) is 6.29. The second-order valence-electron chi connectivity index (χ2n) is 4.11. The predicted octanol–water partition coefficient (Wildman–Crippen LogP) is 1.62. The lowest BCUT2D eigenvalue weighted by molar-refractivity contribution is 0.507. The van der Waals surface area contributed by atoms with E-state index in [0.717, 1.165) is 12.1 Å². The van der Waals surface area contributed by atoms with Gasteiger partial charge in [0.1, 0.15) is 0 Å². The third-order valence-electron chi connectivity index (χ3n) is 2.25. The Morgan fingerprint density at radius 1 is 1.29 bits per heavy atom. The van der Waals surface area contributed by atoms with Crippen LogP contribution in [-0.2, 0) is 15.6 Å². The molecule has 6 heteroatoms. The van der Waals surface area contributed by atoms with Gasteiger partial charge in [-0.2, -0.15) is 0 Å². The molecule has 0 aliphatic carbocycles. The monoisotopic (exact) mass is 263 g/mol. The van der Waals surface area contributed by atoms with Crippen LogP contribution in [0.4, 0.5) is 8.78 Å². The number of rotatable bonds is 5. The molecule has 1 aromatic carbocycles. The van der Waals surface area contributed by atoms with Gasteiger partial charge in [-0.25, -0.2) is 17.2 Å². The maximum absolute atomic E-state index is 12.9. The minimum absolute atomic E-state index is 0.0519. The predicted molar refractivity (Wildman–Crippen MR) is 62.1 cm³/mol. The topological polar surface area (TPSA) is 60.2 Å². The van der Waals surface area contributed by atoms with Gasteiger partial charge < -0.3 is 5.73 Å². The summed E-state index contributed by atoms with van der Waals surface area (Å²) >= 11 is 0. The fraction of sp³-hybridized carbons (Fsp3) is 0.455. The van der Waals surface area contributed by atoms with Crippen molar-refractivity contribution in [3.8, 4) is 0 Å². The van der Waals surface area contributed by atoms with Gasteiger partial charge in [0.25, 0.3) is 0 Å².